The number of hydrogen-bond acceptors (Lipinski definition) is 7. The van der Waals surface area contributed by atoms with Crippen LogP contribution >= 0.6 is 0 Å². The number of cyclic esters (lactones) is 1. The summed E-state index contributed by atoms with van der Waals surface area (Å²) in [4.78, 5) is 38.0. The number of ether oxygens (including phenoxy) is 3. The van der Waals surface area contributed by atoms with Gasteiger partial charge in [0.2, 0.25) is 6.29 Å². The molecule has 1 unspecified atom stereocenters. The van der Waals surface area contributed by atoms with Crippen molar-refractivity contribution < 1.29 is 33.7 Å². The summed E-state index contributed by atoms with van der Waals surface area (Å²) in [6.45, 7) is 1.76. The molecule has 0 spiro atoms. The Morgan fingerprint density at radius 2 is 1.93 bits per heavy atom. The lowest BCUT2D eigenvalue weighted by Gasteiger charge is -2.30. The zero-order valence-electron chi connectivity index (χ0n) is 15.4. The lowest BCUT2D eigenvalue weighted by molar-refractivity contribution is -0.155. The zero-order valence-corrected chi connectivity index (χ0v) is 15.4. The van der Waals surface area contributed by atoms with Gasteiger partial charge in [-0.05, 0) is 12.3 Å². The van der Waals surface area contributed by atoms with Crippen molar-refractivity contribution in [3.05, 3.63) is 0 Å². The van der Waals surface area contributed by atoms with Crippen LogP contribution < -0.4 is 5.32 Å². The minimum atomic E-state index is -1.37. The maximum Gasteiger partial charge on any atom is 0.410 e. The van der Waals surface area contributed by atoms with Crippen LogP contribution in [0, 0.1) is 5.92 Å². The summed E-state index contributed by atoms with van der Waals surface area (Å²) >= 11 is 0. The Hall–Kier alpha value is -1.87. The van der Waals surface area contributed by atoms with Crippen LogP contribution in [-0.4, -0.2) is 72.7 Å². The largest absolute Gasteiger partial charge is 0.436 e. The second-order valence-electron chi connectivity index (χ2n) is 7.41. The second kappa shape index (κ2) is 9.36. The minimum Gasteiger partial charge on any atom is -0.436 e. The van der Waals surface area contributed by atoms with Crippen LogP contribution in [0.15, 0.2) is 0 Å². The van der Waals surface area contributed by atoms with Gasteiger partial charge in [0.1, 0.15) is 6.04 Å². The first-order valence-electron chi connectivity index (χ1n) is 9.74. The summed E-state index contributed by atoms with van der Waals surface area (Å²) in [5.41, 5.74) is 0. The van der Waals surface area contributed by atoms with Gasteiger partial charge in [0.15, 0.2) is 6.10 Å². The predicted octanol–water partition coefficient (Wildman–Crippen LogP) is 0.544. The molecule has 3 aliphatic rings. The third-order valence-electron chi connectivity index (χ3n) is 5.39. The van der Waals surface area contributed by atoms with Crippen LogP contribution in [0.25, 0.3) is 0 Å². The number of carbonyl (C=O) groups excluding carboxylic acids is 3. The Kier molecular flexibility index (Phi) is 6.89. The third kappa shape index (κ3) is 5.55. The summed E-state index contributed by atoms with van der Waals surface area (Å²) in [7, 11) is 0. The summed E-state index contributed by atoms with van der Waals surface area (Å²) < 4.78 is 15.4. The second-order valence-corrected chi connectivity index (χ2v) is 7.41. The van der Waals surface area contributed by atoms with E-state index in [0.717, 1.165) is 25.7 Å². The van der Waals surface area contributed by atoms with E-state index in [2.05, 4.69) is 10.1 Å². The first kappa shape index (κ1) is 19.9. The number of aliphatic hydroxyl groups excluding tert-OH is 1. The van der Waals surface area contributed by atoms with Gasteiger partial charge in [0, 0.05) is 13.1 Å². The lowest BCUT2D eigenvalue weighted by Crippen LogP contribution is -2.49. The fourth-order valence-corrected chi connectivity index (χ4v) is 3.82. The molecule has 1 aliphatic carbocycles. The number of nitrogens with zero attached hydrogens (tertiary/aromatic N) is 1. The molecule has 27 heavy (non-hydrogen) atoms. The smallest absolute Gasteiger partial charge is 0.410 e. The molecule has 0 radical (unpaired) electrons. The predicted molar refractivity (Wildman–Crippen MR) is 92.5 cm³/mol. The summed E-state index contributed by atoms with van der Waals surface area (Å²) in [5, 5.41) is 12.3. The molecule has 0 aromatic rings. The maximum absolute atomic E-state index is 12.7. The fourth-order valence-electron chi connectivity index (χ4n) is 3.82. The first-order valence-corrected chi connectivity index (χ1v) is 9.74. The van der Waals surface area contributed by atoms with E-state index in [-0.39, 0.29) is 6.42 Å². The molecule has 2 N–H and O–H groups in total. The standard InChI is InChI=1S/C18H28N2O7/c21-15-11-13(17(23)27-15)19-16(22)14(10-12-4-2-1-3-5-12)26-18(24)20-6-8-25-9-7-20/h12-14,17,23H,1-11H2,(H,19,22)/t13-,14-,17?/m0/s1. The van der Waals surface area contributed by atoms with Gasteiger partial charge >= 0.3 is 12.1 Å². The quantitative estimate of drug-likeness (QED) is 0.665. The van der Waals surface area contributed by atoms with Gasteiger partial charge in [-0.25, -0.2) is 4.79 Å². The normalized spacial score (nSPS) is 27.7. The van der Waals surface area contributed by atoms with Crippen molar-refractivity contribution in [2.75, 3.05) is 26.3 Å². The molecule has 152 valence electrons. The van der Waals surface area contributed by atoms with Crippen molar-refractivity contribution in [3.63, 3.8) is 0 Å². The maximum atomic E-state index is 12.7. The van der Waals surface area contributed by atoms with Gasteiger partial charge < -0.3 is 29.5 Å². The van der Waals surface area contributed by atoms with E-state index in [1.54, 1.807) is 0 Å². The van der Waals surface area contributed by atoms with Gasteiger partial charge in [0.25, 0.3) is 5.91 Å². The third-order valence-corrected chi connectivity index (χ3v) is 5.39. The van der Waals surface area contributed by atoms with Crippen LogP contribution in [-0.2, 0) is 23.8 Å². The van der Waals surface area contributed by atoms with Crippen LogP contribution in [0.1, 0.15) is 44.9 Å². The molecule has 2 heterocycles. The average molecular weight is 384 g/mol. The molecule has 0 aromatic heterocycles. The van der Waals surface area contributed by atoms with Crippen LogP contribution in [0.5, 0.6) is 0 Å². The summed E-state index contributed by atoms with van der Waals surface area (Å²) in [5.74, 6) is -0.746. The molecule has 0 bridgehead atoms. The van der Waals surface area contributed by atoms with E-state index >= 15 is 0 Å². The van der Waals surface area contributed by atoms with Gasteiger partial charge in [0.05, 0.1) is 19.6 Å². The number of aliphatic hydroxyl groups is 1. The Labute approximate surface area is 158 Å². The molecule has 2 saturated heterocycles. The molecular formula is C18H28N2O7. The van der Waals surface area contributed by atoms with Crippen LogP contribution in [0.3, 0.4) is 0 Å². The van der Waals surface area contributed by atoms with E-state index in [9.17, 15) is 19.5 Å². The molecule has 3 atom stereocenters. The molecule has 3 fully saturated rings. The monoisotopic (exact) mass is 384 g/mol. The number of nitrogens with one attached hydrogen (secondary N) is 1. The van der Waals surface area contributed by atoms with E-state index in [1.807, 2.05) is 0 Å². The molecule has 9 heteroatoms. The number of esters is 1. The number of morpholine rings is 1. The van der Waals surface area contributed by atoms with Crippen molar-refractivity contribution in [1.29, 1.82) is 0 Å². The molecule has 3 rings (SSSR count). The van der Waals surface area contributed by atoms with E-state index in [4.69, 9.17) is 9.47 Å². The molecule has 9 nitrogen and oxygen atoms in total. The SMILES string of the molecule is O=C1C[C@H](NC(=O)[C@H](CC2CCCCC2)OC(=O)N2CCOCC2)C(O)O1. The number of hydrogen-bond donors (Lipinski definition) is 2. The number of rotatable bonds is 5. The van der Waals surface area contributed by atoms with Crippen molar-refractivity contribution in [1.82, 2.24) is 10.2 Å². The highest BCUT2D eigenvalue weighted by molar-refractivity contribution is 5.84. The average Bonchev–Trinajstić information content (AvgIpc) is 2.99. The highest BCUT2D eigenvalue weighted by atomic mass is 16.6. The van der Waals surface area contributed by atoms with Crippen molar-refractivity contribution in [2.45, 2.75) is 63.4 Å². The van der Waals surface area contributed by atoms with Gasteiger partial charge in [-0.3, -0.25) is 9.59 Å². The number of amides is 2. The minimum absolute atomic E-state index is 0.0968. The van der Waals surface area contributed by atoms with E-state index in [0.29, 0.717) is 38.6 Å². The zero-order chi connectivity index (χ0) is 19.2. The molecule has 2 amide bonds. The Balaban J connectivity index is 1.61. The molecule has 2 aliphatic heterocycles. The fraction of sp³-hybridized carbons (Fsp3) is 0.833. The van der Waals surface area contributed by atoms with Crippen molar-refractivity contribution in [2.24, 2.45) is 5.92 Å². The van der Waals surface area contributed by atoms with Gasteiger partial charge in [-0.2, -0.15) is 0 Å². The Morgan fingerprint density at radius 1 is 1.22 bits per heavy atom. The van der Waals surface area contributed by atoms with Crippen LogP contribution in [0.2, 0.25) is 0 Å². The summed E-state index contributed by atoms with van der Waals surface area (Å²) in [6, 6.07) is -0.819. The molecular weight excluding hydrogens is 356 g/mol. The molecule has 0 aromatic carbocycles. The van der Waals surface area contributed by atoms with E-state index in [1.165, 1.54) is 11.3 Å². The molecule has 1 saturated carbocycles. The van der Waals surface area contributed by atoms with Crippen molar-refractivity contribution in [3.8, 4) is 0 Å². The first-order chi connectivity index (χ1) is 13.0. The van der Waals surface area contributed by atoms with Crippen molar-refractivity contribution >= 4 is 18.0 Å². The highest BCUT2D eigenvalue weighted by Crippen LogP contribution is 2.28. The Morgan fingerprint density at radius 3 is 2.56 bits per heavy atom. The Bertz CT molecular complexity index is 544. The summed E-state index contributed by atoms with van der Waals surface area (Å²) in [6.07, 6.45) is 2.92. The van der Waals surface area contributed by atoms with Crippen LogP contribution in [0.4, 0.5) is 4.79 Å². The van der Waals surface area contributed by atoms with Gasteiger partial charge in [-0.15, -0.1) is 0 Å². The lowest BCUT2D eigenvalue weighted by atomic mass is 9.85. The topological polar surface area (TPSA) is 114 Å². The highest BCUT2D eigenvalue weighted by Gasteiger charge is 2.37. The van der Waals surface area contributed by atoms with Gasteiger partial charge in [-0.1, -0.05) is 32.1 Å². The number of carbonyl (C=O) groups is 3. The van der Waals surface area contributed by atoms with E-state index < -0.39 is 36.4 Å².